The van der Waals surface area contributed by atoms with E-state index in [2.05, 4.69) is 30.5 Å². The average Bonchev–Trinajstić information content (AvgIpc) is 3.56. The predicted octanol–water partition coefficient (Wildman–Crippen LogP) is 3.91. The number of halogens is 2. The lowest BCUT2D eigenvalue weighted by Gasteiger charge is -2.18. The van der Waals surface area contributed by atoms with Crippen LogP contribution in [0.3, 0.4) is 0 Å². The van der Waals surface area contributed by atoms with Gasteiger partial charge in [0.2, 0.25) is 5.95 Å². The molecule has 0 unspecified atom stereocenters. The number of aliphatic hydroxyl groups excluding tert-OH is 1. The van der Waals surface area contributed by atoms with E-state index < -0.39 is 23.4 Å². The summed E-state index contributed by atoms with van der Waals surface area (Å²) < 4.78 is 27.9. The molecule has 1 fully saturated rings. The largest absolute Gasteiger partial charge is 0.397 e. The summed E-state index contributed by atoms with van der Waals surface area (Å²) >= 11 is 1.27. The van der Waals surface area contributed by atoms with Crippen LogP contribution in [0, 0.1) is 11.8 Å². The molecule has 3 aromatic rings. The number of pyridine rings is 1. The number of thiazole rings is 1. The molecule has 3 heterocycles. The summed E-state index contributed by atoms with van der Waals surface area (Å²) in [5.41, 5.74) is 6.42. The van der Waals surface area contributed by atoms with Gasteiger partial charge in [-0.1, -0.05) is 19.3 Å². The number of rotatable bonds is 6. The first-order chi connectivity index (χ1) is 16.9. The van der Waals surface area contributed by atoms with Crippen LogP contribution in [-0.2, 0) is 0 Å². The minimum atomic E-state index is -0.886. The number of aliphatic imine (C=N–C) groups is 1. The summed E-state index contributed by atoms with van der Waals surface area (Å²) in [6.07, 6.45) is 9.80. The molecular formula is C23H29F2N7O2S. The Hall–Kier alpha value is -3.51. The fourth-order valence-corrected chi connectivity index (χ4v) is 4.16. The Labute approximate surface area is 206 Å². The topological polar surface area (TPSA) is 142 Å². The number of nitrogens with zero attached hydrogens (tertiary/aromatic N) is 4. The first-order valence-electron chi connectivity index (χ1n) is 11.1. The summed E-state index contributed by atoms with van der Waals surface area (Å²) in [5.74, 6) is -2.25. The lowest BCUT2D eigenvalue weighted by molar-refractivity contribution is 0.0964. The highest BCUT2D eigenvalue weighted by molar-refractivity contribution is 7.13. The van der Waals surface area contributed by atoms with E-state index in [1.54, 1.807) is 24.7 Å². The number of hydrogen-bond acceptors (Lipinski definition) is 8. The second-order valence-corrected chi connectivity index (χ2v) is 8.52. The van der Waals surface area contributed by atoms with Crippen LogP contribution in [0.4, 0.5) is 8.78 Å². The number of allylic oxidation sites excluding steroid dienone is 1. The molecule has 0 radical (unpaired) electrons. The van der Waals surface area contributed by atoms with Gasteiger partial charge in [-0.05, 0) is 31.9 Å². The minimum absolute atomic E-state index is 0. The van der Waals surface area contributed by atoms with Crippen molar-refractivity contribution in [2.75, 3.05) is 6.61 Å². The second-order valence-electron chi connectivity index (χ2n) is 7.66. The van der Waals surface area contributed by atoms with Crippen molar-refractivity contribution in [1.82, 2.24) is 25.5 Å². The van der Waals surface area contributed by atoms with Gasteiger partial charge in [-0.2, -0.15) is 9.49 Å². The third-order valence-electron chi connectivity index (χ3n) is 5.08. The van der Waals surface area contributed by atoms with Crippen molar-refractivity contribution >= 4 is 29.2 Å². The Bertz CT molecular complexity index is 1180. The minimum Gasteiger partial charge on any atom is -0.397 e. The number of aromatic amines is 1. The van der Waals surface area contributed by atoms with E-state index in [0.29, 0.717) is 5.01 Å². The standard InChI is InChI=1S/C21H21F2N7OS.C2H6O.H2/c22-14-6-7-17(23)30-19(14)18(24)15(10-25-13-4-2-1-3-5-13)28-20(31)16-11-32-21(29-16)12-8-26-27-9-12;1-2-3;/h6-11,13H,1-5,24H2,(H,26,27)(H,28,31);3H,2H2,1H3;1H/b18-15+,25-10?;;. The van der Waals surface area contributed by atoms with Crippen LogP contribution in [0.15, 0.2) is 40.6 Å². The Balaban J connectivity index is 0.00000109. The van der Waals surface area contributed by atoms with E-state index in [-0.39, 0.29) is 31.2 Å². The molecule has 12 heteroatoms. The van der Waals surface area contributed by atoms with E-state index in [1.807, 2.05) is 0 Å². The quantitative estimate of drug-likeness (QED) is 0.296. The van der Waals surface area contributed by atoms with Gasteiger partial charge in [0.1, 0.15) is 16.4 Å². The molecule has 35 heavy (non-hydrogen) atoms. The molecule has 1 aliphatic carbocycles. The third-order valence-corrected chi connectivity index (χ3v) is 5.97. The number of nitrogens with one attached hydrogen (secondary N) is 2. The zero-order valence-corrected chi connectivity index (χ0v) is 20.0. The van der Waals surface area contributed by atoms with Gasteiger partial charge in [-0.25, -0.2) is 14.4 Å². The summed E-state index contributed by atoms with van der Waals surface area (Å²) in [6, 6.07) is 1.91. The molecule has 1 amide bonds. The van der Waals surface area contributed by atoms with Gasteiger partial charge in [0, 0.05) is 31.4 Å². The highest BCUT2D eigenvalue weighted by atomic mass is 32.1. The molecule has 1 aliphatic rings. The van der Waals surface area contributed by atoms with Crippen molar-refractivity contribution in [3.8, 4) is 10.6 Å². The van der Waals surface area contributed by atoms with Crippen molar-refractivity contribution in [3.05, 3.63) is 58.8 Å². The summed E-state index contributed by atoms with van der Waals surface area (Å²) in [6.45, 7) is 1.93. The molecule has 188 valence electrons. The maximum absolute atomic E-state index is 14.3. The number of aromatic nitrogens is 4. The Morgan fingerprint density at radius 2 is 2.09 bits per heavy atom. The van der Waals surface area contributed by atoms with Crippen LogP contribution in [0.2, 0.25) is 0 Å². The average molecular weight is 506 g/mol. The van der Waals surface area contributed by atoms with Gasteiger partial charge in [-0.15, -0.1) is 11.3 Å². The third kappa shape index (κ3) is 7.23. The predicted molar refractivity (Wildman–Crippen MR) is 133 cm³/mol. The van der Waals surface area contributed by atoms with E-state index in [4.69, 9.17) is 10.8 Å². The Morgan fingerprint density at radius 3 is 2.77 bits per heavy atom. The van der Waals surface area contributed by atoms with Gasteiger partial charge in [0.05, 0.1) is 23.6 Å². The lowest BCUT2D eigenvalue weighted by atomic mass is 9.96. The van der Waals surface area contributed by atoms with E-state index >= 15 is 0 Å². The molecule has 0 saturated heterocycles. The second kappa shape index (κ2) is 12.8. The molecule has 4 rings (SSSR count). The molecule has 1 saturated carbocycles. The van der Waals surface area contributed by atoms with Crippen LogP contribution in [0.5, 0.6) is 0 Å². The van der Waals surface area contributed by atoms with Gasteiger partial charge in [0.25, 0.3) is 5.91 Å². The SMILES string of the molecule is CCO.N/C(=C(\C=NC1CCCCC1)NC(=O)c1csc(-c2cn[nH]c2)n1)c1nc(F)ccc1F.[HH]. The number of hydrogen-bond donors (Lipinski definition) is 4. The first kappa shape index (κ1) is 26.1. The van der Waals surface area contributed by atoms with E-state index in [1.165, 1.54) is 17.6 Å². The molecule has 0 bridgehead atoms. The summed E-state index contributed by atoms with van der Waals surface area (Å²) in [7, 11) is 0. The highest BCUT2D eigenvalue weighted by Gasteiger charge is 2.19. The van der Waals surface area contributed by atoms with Crippen LogP contribution >= 0.6 is 11.3 Å². The van der Waals surface area contributed by atoms with Gasteiger partial charge >= 0.3 is 0 Å². The zero-order chi connectivity index (χ0) is 25.2. The first-order valence-corrected chi connectivity index (χ1v) is 12.0. The van der Waals surface area contributed by atoms with Gasteiger partial charge in [0.15, 0.2) is 5.82 Å². The van der Waals surface area contributed by atoms with Crippen LogP contribution in [0.1, 0.15) is 56.6 Å². The molecule has 0 atom stereocenters. The smallest absolute Gasteiger partial charge is 0.275 e. The van der Waals surface area contributed by atoms with Crippen LogP contribution in [-0.4, -0.2) is 50.0 Å². The molecule has 9 nitrogen and oxygen atoms in total. The molecule has 0 spiro atoms. The number of amides is 1. The zero-order valence-electron chi connectivity index (χ0n) is 19.2. The number of carbonyl (C=O) groups is 1. The van der Waals surface area contributed by atoms with Gasteiger partial charge in [-0.3, -0.25) is 14.9 Å². The highest BCUT2D eigenvalue weighted by Crippen LogP contribution is 2.23. The molecule has 0 aliphatic heterocycles. The number of nitrogens with two attached hydrogens (primary N) is 1. The van der Waals surface area contributed by atoms with Gasteiger partial charge < -0.3 is 16.2 Å². The van der Waals surface area contributed by atoms with E-state index in [0.717, 1.165) is 49.8 Å². The maximum atomic E-state index is 14.3. The Morgan fingerprint density at radius 1 is 1.34 bits per heavy atom. The van der Waals surface area contributed by atoms with Crippen molar-refractivity contribution in [3.63, 3.8) is 0 Å². The number of H-pyrrole nitrogens is 1. The fourth-order valence-electron chi connectivity index (χ4n) is 3.38. The molecule has 0 aromatic carbocycles. The van der Waals surface area contributed by atoms with Crippen LogP contribution in [0.25, 0.3) is 16.3 Å². The molecule has 5 N–H and O–H groups in total. The van der Waals surface area contributed by atoms with E-state index in [9.17, 15) is 13.6 Å². The maximum Gasteiger partial charge on any atom is 0.275 e. The fraction of sp³-hybridized carbons (Fsp3) is 0.348. The monoisotopic (exact) mass is 505 g/mol. The van der Waals surface area contributed by atoms with Crippen molar-refractivity contribution in [2.24, 2.45) is 10.7 Å². The van der Waals surface area contributed by atoms with Crippen molar-refractivity contribution in [1.29, 1.82) is 0 Å². The molecule has 3 aromatic heterocycles. The van der Waals surface area contributed by atoms with Crippen LogP contribution < -0.4 is 11.1 Å². The van der Waals surface area contributed by atoms with Crippen molar-refractivity contribution in [2.45, 2.75) is 45.1 Å². The lowest BCUT2D eigenvalue weighted by Crippen LogP contribution is -2.27. The number of carbonyl (C=O) groups excluding carboxylic acids is 1. The summed E-state index contributed by atoms with van der Waals surface area (Å²) in [5, 5.41) is 19.0. The van der Waals surface area contributed by atoms with Crippen molar-refractivity contribution < 1.29 is 20.1 Å². The molecular weight excluding hydrogens is 476 g/mol. The Kier molecular flexibility index (Phi) is 9.56. The summed E-state index contributed by atoms with van der Waals surface area (Å²) in [4.78, 5) is 25.2. The number of aliphatic hydroxyl groups is 1. The normalized spacial score (nSPS) is 14.9.